The number of pyridine rings is 1. The lowest BCUT2D eigenvalue weighted by Crippen LogP contribution is -2.13. The molecular formula is C8H10BrN3O2. The minimum atomic E-state index is -0.417. The fourth-order valence-electron chi connectivity index (χ4n) is 0.906. The summed E-state index contributed by atoms with van der Waals surface area (Å²) in [4.78, 5) is 15.3. The van der Waals surface area contributed by atoms with Crippen molar-refractivity contribution in [2.45, 2.75) is 0 Å². The van der Waals surface area contributed by atoms with Crippen molar-refractivity contribution in [1.29, 1.82) is 0 Å². The normalized spacial score (nSPS) is 9.64. The van der Waals surface area contributed by atoms with Crippen molar-refractivity contribution in [3.05, 3.63) is 22.3 Å². The maximum atomic E-state index is 11.3. The molecule has 1 aromatic heterocycles. The van der Waals surface area contributed by atoms with Crippen LogP contribution >= 0.6 is 15.9 Å². The average molecular weight is 260 g/mol. The summed E-state index contributed by atoms with van der Waals surface area (Å²) in [5.41, 5.74) is 5.69. The number of ether oxygens (including phenoxy) is 1. The molecular weight excluding hydrogens is 250 g/mol. The molecule has 14 heavy (non-hydrogen) atoms. The molecule has 5 nitrogen and oxygen atoms in total. The van der Waals surface area contributed by atoms with Crippen LogP contribution in [0.3, 0.4) is 0 Å². The van der Waals surface area contributed by atoms with Gasteiger partial charge in [0.05, 0.1) is 23.8 Å². The van der Waals surface area contributed by atoms with E-state index in [1.165, 1.54) is 13.3 Å². The van der Waals surface area contributed by atoms with Crippen LogP contribution in [0, 0.1) is 0 Å². The second-order valence-corrected chi connectivity index (χ2v) is 3.28. The summed E-state index contributed by atoms with van der Waals surface area (Å²) < 4.78 is 5.18. The van der Waals surface area contributed by atoms with E-state index in [0.29, 0.717) is 15.9 Å². The monoisotopic (exact) mass is 259 g/mol. The quantitative estimate of drug-likeness (QED) is 0.625. The Morgan fingerprint density at radius 1 is 1.79 bits per heavy atom. The first-order chi connectivity index (χ1) is 6.69. The molecule has 0 bridgehead atoms. The number of carbonyl (C=O) groups is 1. The van der Waals surface area contributed by atoms with E-state index in [1.807, 2.05) is 0 Å². The molecule has 0 radical (unpaired) electrons. The van der Waals surface area contributed by atoms with Gasteiger partial charge < -0.3 is 15.8 Å². The lowest BCUT2D eigenvalue weighted by atomic mass is 10.2. The molecule has 0 saturated carbocycles. The zero-order chi connectivity index (χ0) is 10.6. The highest BCUT2D eigenvalue weighted by molar-refractivity contribution is 9.10. The SMILES string of the molecule is COC(=O)c1cc(NCN)ncc1Br. The van der Waals surface area contributed by atoms with Gasteiger partial charge in [-0.15, -0.1) is 0 Å². The third-order valence-electron chi connectivity index (χ3n) is 1.54. The Hall–Kier alpha value is -1.14. The zero-order valence-corrected chi connectivity index (χ0v) is 9.17. The number of halogens is 1. The van der Waals surface area contributed by atoms with Crippen LogP contribution in [-0.2, 0) is 4.74 Å². The molecule has 1 aromatic rings. The molecule has 0 atom stereocenters. The maximum Gasteiger partial charge on any atom is 0.339 e. The minimum Gasteiger partial charge on any atom is -0.465 e. The van der Waals surface area contributed by atoms with Crippen LogP contribution in [0.2, 0.25) is 0 Å². The van der Waals surface area contributed by atoms with Gasteiger partial charge in [0.15, 0.2) is 0 Å². The molecule has 1 rings (SSSR count). The number of nitrogens with one attached hydrogen (secondary N) is 1. The number of aromatic nitrogens is 1. The molecule has 0 spiro atoms. The fraction of sp³-hybridized carbons (Fsp3) is 0.250. The van der Waals surface area contributed by atoms with Gasteiger partial charge in [-0.05, 0) is 22.0 Å². The second-order valence-electron chi connectivity index (χ2n) is 2.42. The van der Waals surface area contributed by atoms with Gasteiger partial charge in [-0.25, -0.2) is 9.78 Å². The third kappa shape index (κ3) is 2.43. The summed E-state index contributed by atoms with van der Waals surface area (Å²) >= 11 is 3.20. The number of esters is 1. The molecule has 0 aliphatic rings. The standard InChI is InChI=1S/C8H10BrN3O2/c1-14-8(13)5-2-7(12-4-10)11-3-6(5)9/h2-3H,4,10H2,1H3,(H,11,12). The number of carbonyl (C=O) groups excluding carboxylic acids is 1. The van der Waals surface area contributed by atoms with Crippen molar-refractivity contribution in [3.63, 3.8) is 0 Å². The lowest BCUT2D eigenvalue weighted by molar-refractivity contribution is 0.0599. The summed E-state index contributed by atoms with van der Waals surface area (Å²) in [6.07, 6.45) is 1.52. The second kappa shape index (κ2) is 4.92. The number of rotatable bonds is 3. The predicted octanol–water partition coefficient (Wildman–Crippen LogP) is 0.959. The van der Waals surface area contributed by atoms with Crippen molar-refractivity contribution in [3.8, 4) is 0 Å². The first kappa shape index (κ1) is 10.9. The van der Waals surface area contributed by atoms with E-state index in [4.69, 9.17) is 5.73 Å². The van der Waals surface area contributed by atoms with Crippen LogP contribution in [0.25, 0.3) is 0 Å². The summed E-state index contributed by atoms with van der Waals surface area (Å²) in [5.74, 6) is 0.121. The lowest BCUT2D eigenvalue weighted by Gasteiger charge is -2.05. The minimum absolute atomic E-state index is 0.259. The van der Waals surface area contributed by atoms with Gasteiger partial charge in [-0.3, -0.25) is 0 Å². The van der Waals surface area contributed by atoms with Gasteiger partial charge in [-0.1, -0.05) is 0 Å². The van der Waals surface area contributed by atoms with Crippen LogP contribution in [-0.4, -0.2) is 24.7 Å². The Balaban J connectivity index is 3.01. The molecule has 6 heteroatoms. The molecule has 0 aliphatic heterocycles. The number of methoxy groups -OCH3 is 1. The summed E-state index contributed by atoms with van der Waals surface area (Å²) in [7, 11) is 1.32. The van der Waals surface area contributed by atoms with Gasteiger partial charge in [0.2, 0.25) is 0 Å². The van der Waals surface area contributed by atoms with Gasteiger partial charge >= 0.3 is 5.97 Å². The summed E-state index contributed by atoms with van der Waals surface area (Å²) in [6.45, 7) is 0.259. The molecule has 0 fully saturated rings. The molecule has 0 unspecified atom stereocenters. The fourth-order valence-corrected chi connectivity index (χ4v) is 1.29. The van der Waals surface area contributed by atoms with Crippen molar-refractivity contribution in [1.82, 2.24) is 4.98 Å². The molecule has 0 aromatic carbocycles. The Labute approximate surface area is 89.8 Å². The van der Waals surface area contributed by atoms with E-state index >= 15 is 0 Å². The largest absolute Gasteiger partial charge is 0.465 e. The Kier molecular flexibility index (Phi) is 3.84. The van der Waals surface area contributed by atoms with Crippen molar-refractivity contribution >= 4 is 27.7 Å². The number of anilines is 1. The van der Waals surface area contributed by atoms with Crippen LogP contribution in [0.5, 0.6) is 0 Å². The number of hydrogen-bond donors (Lipinski definition) is 2. The van der Waals surface area contributed by atoms with Crippen LogP contribution in [0.1, 0.15) is 10.4 Å². The van der Waals surface area contributed by atoms with Gasteiger partial charge in [0.25, 0.3) is 0 Å². The molecule has 0 aliphatic carbocycles. The number of nitrogens with two attached hydrogens (primary N) is 1. The number of hydrogen-bond acceptors (Lipinski definition) is 5. The maximum absolute atomic E-state index is 11.3. The average Bonchev–Trinajstić information content (AvgIpc) is 2.20. The zero-order valence-electron chi connectivity index (χ0n) is 7.58. The Morgan fingerprint density at radius 3 is 3.07 bits per heavy atom. The van der Waals surface area contributed by atoms with E-state index in [0.717, 1.165) is 0 Å². The highest BCUT2D eigenvalue weighted by Gasteiger charge is 2.11. The number of nitrogens with zero attached hydrogens (tertiary/aromatic N) is 1. The van der Waals surface area contributed by atoms with E-state index in [9.17, 15) is 4.79 Å². The first-order valence-corrected chi connectivity index (χ1v) is 4.66. The third-order valence-corrected chi connectivity index (χ3v) is 2.18. The van der Waals surface area contributed by atoms with E-state index in [2.05, 4.69) is 31.0 Å². The highest BCUT2D eigenvalue weighted by Crippen LogP contribution is 2.19. The van der Waals surface area contributed by atoms with Crippen LogP contribution in [0.4, 0.5) is 5.82 Å². The molecule has 0 amide bonds. The van der Waals surface area contributed by atoms with Crippen molar-refractivity contribution < 1.29 is 9.53 Å². The van der Waals surface area contributed by atoms with E-state index in [-0.39, 0.29) is 6.67 Å². The highest BCUT2D eigenvalue weighted by atomic mass is 79.9. The molecule has 1 heterocycles. The topological polar surface area (TPSA) is 77.2 Å². The first-order valence-electron chi connectivity index (χ1n) is 3.87. The summed E-state index contributed by atoms with van der Waals surface area (Å²) in [5, 5.41) is 2.79. The van der Waals surface area contributed by atoms with Gasteiger partial charge in [-0.2, -0.15) is 0 Å². The molecule has 3 N–H and O–H groups in total. The van der Waals surface area contributed by atoms with Crippen LogP contribution in [0.15, 0.2) is 16.7 Å². The van der Waals surface area contributed by atoms with Crippen molar-refractivity contribution in [2.75, 3.05) is 19.1 Å². The van der Waals surface area contributed by atoms with E-state index in [1.54, 1.807) is 6.07 Å². The Bertz CT molecular complexity index is 343. The van der Waals surface area contributed by atoms with Gasteiger partial charge in [0, 0.05) is 6.20 Å². The molecule has 0 saturated heterocycles. The smallest absolute Gasteiger partial charge is 0.339 e. The van der Waals surface area contributed by atoms with E-state index < -0.39 is 5.97 Å². The Morgan fingerprint density at radius 2 is 2.50 bits per heavy atom. The van der Waals surface area contributed by atoms with Crippen LogP contribution < -0.4 is 11.1 Å². The van der Waals surface area contributed by atoms with Gasteiger partial charge in [0.1, 0.15) is 5.82 Å². The predicted molar refractivity (Wildman–Crippen MR) is 56.0 cm³/mol. The summed E-state index contributed by atoms with van der Waals surface area (Å²) in [6, 6.07) is 1.57. The van der Waals surface area contributed by atoms with Crippen molar-refractivity contribution in [2.24, 2.45) is 5.73 Å². The molecule has 76 valence electrons.